The lowest BCUT2D eigenvalue weighted by molar-refractivity contribution is -0.386. The van der Waals surface area contributed by atoms with Gasteiger partial charge in [-0.1, -0.05) is 39.3 Å². The molecule has 16 heteroatoms. The molecular weight excluding hydrogens is 796 g/mol. The van der Waals surface area contributed by atoms with Crippen LogP contribution in [0.15, 0.2) is 11.6 Å². The lowest BCUT2D eigenvalue weighted by Gasteiger charge is -2.58. The fourth-order valence-corrected chi connectivity index (χ4v) is 14.0. The number of fused-ring (bicyclic) bond motifs is 7. The van der Waals surface area contributed by atoms with Gasteiger partial charge in [-0.2, -0.15) is 0 Å². The molecule has 9 rings (SSSR count). The Kier molecular flexibility index (Phi) is 12.4. The Morgan fingerprint density at radius 3 is 2.05 bits per heavy atom. The molecule has 9 aliphatic rings. The molecule has 1 spiro atoms. The van der Waals surface area contributed by atoms with Gasteiger partial charge in [0.15, 0.2) is 24.7 Å². The molecule has 5 aliphatic heterocycles. The van der Waals surface area contributed by atoms with Crippen LogP contribution in [0.1, 0.15) is 99.3 Å². The maximum absolute atomic E-state index is 11.5. The highest BCUT2D eigenvalue weighted by Gasteiger charge is 2.69. The average Bonchev–Trinajstić information content (AvgIpc) is 3.69. The number of aliphatic hydroxyl groups excluding tert-OH is 8. The molecule has 5 heterocycles. The third kappa shape index (κ3) is 7.42. The lowest BCUT2D eigenvalue weighted by atomic mass is 9.47. The zero-order valence-electron chi connectivity index (χ0n) is 36.5. The summed E-state index contributed by atoms with van der Waals surface area (Å²) >= 11 is 0. The van der Waals surface area contributed by atoms with Crippen molar-refractivity contribution >= 4 is 0 Å². The minimum Gasteiger partial charge on any atom is -0.394 e. The smallest absolute Gasteiger partial charge is 0.187 e. The summed E-state index contributed by atoms with van der Waals surface area (Å²) < 4.78 is 49.4. The van der Waals surface area contributed by atoms with Crippen molar-refractivity contribution in [1.82, 2.24) is 0 Å². The Hall–Kier alpha value is -0.900. The largest absolute Gasteiger partial charge is 0.394 e. The molecule has 8 N–H and O–H groups in total. The summed E-state index contributed by atoms with van der Waals surface area (Å²) in [7, 11) is 0. The first-order valence-corrected chi connectivity index (χ1v) is 23.2. The summed E-state index contributed by atoms with van der Waals surface area (Å²) in [4.78, 5) is 0. The van der Waals surface area contributed by atoms with Gasteiger partial charge in [0.2, 0.25) is 0 Å². The number of hydrogen-bond acceptors (Lipinski definition) is 16. The Labute approximate surface area is 358 Å². The predicted molar refractivity (Wildman–Crippen MR) is 213 cm³/mol. The van der Waals surface area contributed by atoms with Gasteiger partial charge in [0.25, 0.3) is 0 Å². The van der Waals surface area contributed by atoms with Crippen LogP contribution in [0, 0.1) is 46.3 Å². The summed E-state index contributed by atoms with van der Waals surface area (Å²) in [5.41, 5.74) is 1.63. The van der Waals surface area contributed by atoms with Gasteiger partial charge >= 0.3 is 0 Å². The fraction of sp³-hybridized carbons (Fsp3) is 0.956. The van der Waals surface area contributed by atoms with E-state index >= 15 is 0 Å². The van der Waals surface area contributed by atoms with Crippen LogP contribution in [0.2, 0.25) is 0 Å². The van der Waals surface area contributed by atoms with E-state index in [1.54, 1.807) is 0 Å². The van der Waals surface area contributed by atoms with Crippen LogP contribution in [-0.4, -0.2) is 164 Å². The van der Waals surface area contributed by atoms with Gasteiger partial charge in [-0.15, -0.1) is 0 Å². The van der Waals surface area contributed by atoms with Crippen molar-refractivity contribution in [1.29, 1.82) is 0 Å². The zero-order valence-corrected chi connectivity index (χ0v) is 36.5. The van der Waals surface area contributed by atoms with E-state index in [2.05, 4.69) is 33.8 Å². The Morgan fingerprint density at radius 1 is 0.689 bits per heavy atom. The second-order valence-corrected chi connectivity index (χ2v) is 21.1. The third-order valence-electron chi connectivity index (χ3n) is 17.6. The van der Waals surface area contributed by atoms with Gasteiger partial charge in [0.05, 0.1) is 37.6 Å². The molecule has 0 aromatic rings. The molecule has 0 amide bonds. The van der Waals surface area contributed by atoms with E-state index in [0.29, 0.717) is 41.9 Å². The molecule has 3 saturated carbocycles. The van der Waals surface area contributed by atoms with Crippen LogP contribution < -0.4 is 0 Å². The maximum Gasteiger partial charge on any atom is 0.187 e. The van der Waals surface area contributed by atoms with Crippen molar-refractivity contribution in [3.8, 4) is 0 Å². The molecule has 0 aromatic carbocycles. The van der Waals surface area contributed by atoms with E-state index in [1.807, 2.05) is 0 Å². The minimum absolute atomic E-state index is 0.0266. The molecule has 0 aromatic heterocycles. The van der Waals surface area contributed by atoms with Gasteiger partial charge < -0.3 is 78.7 Å². The number of rotatable bonds is 7. The van der Waals surface area contributed by atoms with Gasteiger partial charge in [-0.3, -0.25) is 0 Å². The highest BCUT2D eigenvalue weighted by molar-refractivity contribution is 5.26. The molecule has 26 unspecified atom stereocenters. The second-order valence-electron chi connectivity index (χ2n) is 21.1. The standard InChI is InChI=1S/C45H72O16/c1-19-9-14-45(54-18-19)20(2)30-28(61-45)16-27-25-8-7-23-15-24(10-12-43(23,5)26(25)11-13-44(27,30)6)57-41-37(53)35(51)38(29(17-46)58-41)59-42-39(34(50)32(48)22(4)56-42)60-40-36(52)33(49)31(47)21(3)55-40/h7,19-22,24-42,46-53H,8-18H2,1-6H3. The number of ether oxygens (including phenoxy) is 8. The zero-order chi connectivity index (χ0) is 43.5. The summed E-state index contributed by atoms with van der Waals surface area (Å²) in [5.74, 6) is 2.78. The second kappa shape index (κ2) is 16.8. The molecule has 8 fully saturated rings. The van der Waals surface area contributed by atoms with Crippen molar-refractivity contribution in [3.05, 3.63) is 11.6 Å². The molecule has 16 nitrogen and oxygen atoms in total. The van der Waals surface area contributed by atoms with Crippen LogP contribution in [-0.2, 0) is 37.9 Å². The minimum atomic E-state index is -1.73. The van der Waals surface area contributed by atoms with Gasteiger partial charge in [-0.25, -0.2) is 0 Å². The van der Waals surface area contributed by atoms with Crippen molar-refractivity contribution < 1.29 is 78.7 Å². The molecule has 5 saturated heterocycles. The van der Waals surface area contributed by atoms with Crippen LogP contribution in [0.5, 0.6) is 0 Å². The van der Waals surface area contributed by atoms with Crippen molar-refractivity contribution in [3.63, 3.8) is 0 Å². The van der Waals surface area contributed by atoms with Gasteiger partial charge in [0.1, 0.15) is 61.0 Å². The number of hydrogen-bond donors (Lipinski definition) is 8. The monoisotopic (exact) mass is 868 g/mol. The highest BCUT2D eigenvalue weighted by atomic mass is 16.8. The molecule has 61 heavy (non-hydrogen) atoms. The number of aliphatic hydroxyl groups is 8. The van der Waals surface area contributed by atoms with Gasteiger partial charge in [-0.05, 0) is 106 Å². The predicted octanol–water partition coefficient (Wildman–Crippen LogP) is 1.24. The molecule has 26 atom stereocenters. The molecule has 0 radical (unpaired) electrons. The van der Waals surface area contributed by atoms with E-state index < -0.39 is 105 Å². The Bertz CT molecular complexity index is 1590. The summed E-state index contributed by atoms with van der Waals surface area (Å²) in [6.45, 7) is 12.7. The topological polar surface area (TPSA) is 236 Å². The Morgan fingerprint density at radius 2 is 1.34 bits per heavy atom. The van der Waals surface area contributed by atoms with Crippen molar-refractivity contribution in [2.24, 2.45) is 46.3 Å². The number of allylic oxidation sites excluding steroid dienone is 1. The Balaban J connectivity index is 0.843. The van der Waals surface area contributed by atoms with Crippen molar-refractivity contribution in [2.45, 2.75) is 209 Å². The average molecular weight is 869 g/mol. The van der Waals surface area contributed by atoms with E-state index in [-0.39, 0.29) is 23.0 Å². The fourth-order valence-electron chi connectivity index (χ4n) is 14.0. The summed E-state index contributed by atoms with van der Waals surface area (Å²) in [6.07, 6.45) is -10.2. The van der Waals surface area contributed by atoms with E-state index in [0.717, 1.165) is 45.1 Å². The van der Waals surface area contributed by atoms with Crippen LogP contribution >= 0.6 is 0 Å². The first-order chi connectivity index (χ1) is 28.9. The third-order valence-corrected chi connectivity index (χ3v) is 17.6. The molecule has 0 bridgehead atoms. The van der Waals surface area contributed by atoms with Crippen molar-refractivity contribution in [2.75, 3.05) is 13.2 Å². The normalized spacial score (nSPS) is 58.4. The quantitative estimate of drug-likeness (QED) is 0.168. The first kappa shape index (κ1) is 45.3. The molecule has 348 valence electrons. The van der Waals surface area contributed by atoms with Crippen LogP contribution in [0.3, 0.4) is 0 Å². The summed E-state index contributed by atoms with van der Waals surface area (Å²) in [6, 6.07) is 0. The first-order valence-electron chi connectivity index (χ1n) is 23.2. The SMILES string of the molecule is CC1CCC2(OC1)OC1CC3C4CC=C5CC(OC6OC(CO)C(OC7OC(C)C(O)C(O)C7OC7OC(C)C(O)C(O)C7O)C(O)C6O)CCC5(C)C4CCC3(C)C1C2C. The van der Waals surface area contributed by atoms with Crippen LogP contribution in [0.25, 0.3) is 0 Å². The molecule has 4 aliphatic carbocycles. The van der Waals surface area contributed by atoms with E-state index in [4.69, 9.17) is 37.9 Å². The maximum atomic E-state index is 11.5. The van der Waals surface area contributed by atoms with Gasteiger partial charge in [0, 0.05) is 12.3 Å². The lowest BCUT2D eigenvalue weighted by Crippen LogP contribution is -2.66. The summed E-state index contributed by atoms with van der Waals surface area (Å²) in [5, 5.41) is 86.2. The van der Waals surface area contributed by atoms with Crippen LogP contribution in [0.4, 0.5) is 0 Å². The molecular formula is C45H72O16. The highest BCUT2D eigenvalue weighted by Crippen LogP contribution is 2.70. The van der Waals surface area contributed by atoms with E-state index in [1.165, 1.54) is 32.3 Å². The van der Waals surface area contributed by atoms with E-state index in [9.17, 15) is 40.9 Å².